The van der Waals surface area contributed by atoms with Crippen LogP contribution in [0.1, 0.15) is 6.42 Å². The van der Waals surface area contributed by atoms with E-state index >= 15 is 0 Å². The smallest absolute Gasteiger partial charge is 0.378 e. The van der Waals surface area contributed by atoms with Crippen molar-refractivity contribution in [1.29, 1.82) is 0 Å². The lowest BCUT2D eigenvalue weighted by atomic mass is 10.3. The van der Waals surface area contributed by atoms with E-state index in [9.17, 15) is 26.4 Å². The molecule has 2 aliphatic heterocycles. The second kappa shape index (κ2) is 8.19. The SMILES string of the molecule is O=C(ON([C@H]1CCNC1)S(=O)(=O)c1ccc(N2CCOCC2)nc1)C(F)(F)F. The van der Waals surface area contributed by atoms with E-state index in [0.29, 0.717) is 38.7 Å². The van der Waals surface area contributed by atoms with Gasteiger partial charge in [0.1, 0.15) is 10.7 Å². The number of morpholine rings is 1. The summed E-state index contributed by atoms with van der Waals surface area (Å²) in [5.74, 6) is -2.08. The van der Waals surface area contributed by atoms with Crippen molar-refractivity contribution in [2.75, 3.05) is 44.3 Å². The zero-order valence-electron chi connectivity index (χ0n) is 14.7. The van der Waals surface area contributed by atoms with Gasteiger partial charge in [0.05, 0.1) is 19.3 Å². The van der Waals surface area contributed by atoms with Gasteiger partial charge in [-0.1, -0.05) is 0 Å². The van der Waals surface area contributed by atoms with Crippen molar-refractivity contribution < 1.29 is 36.0 Å². The molecule has 3 rings (SSSR count). The minimum Gasteiger partial charge on any atom is -0.378 e. The average Bonchev–Trinajstić information content (AvgIpc) is 3.20. The lowest BCUT2D eigenvalue weighted by molar-refractivity contribution is -0.226. The number of carbonyl (C=O) groups is 1. The van der Waals surface area contributed by atoms with Crippen LogP contribution in [0.2, 0.25) is 0 Å². The van der Waals surface area contributed by atoms with E-state index in [0.717, 1.165) is 6.20 Å². The first kappa shape index (κ1) is 20.8. The fourth-order valence-corrected chi connectivity index (χ4v) is 4.25. The summed E-state index contributed by atoms with van der Waals surface area (Å²) in [6.45, 7) is 2.64. The molecule has 1 atom stereocenters. The number of nitrogens with one attached hydrogen (secondary N) is 1. The van der Waals surface area contributed by atoms with Crippen molar-refractivity contribution in [3.63, 3.8) is 0 Å². The molecule has 0 aromatic carbocycles. The molecule has 0 unspecified atom stereocenters. The number of alkyl halides is 3. The quantitative estimate of drug-likeness (QED) is 0.674. The van der Waals surface area contributed by atoms with E-state index in [1.807, 2.05) is 4.90 Å². The second-order valence-electron chi connectivity index (χ2n) is 6.24. The topological polar surface area (TPSA) is 101 Å². The molecule has 3 heterocycles. The van der Waals surface area contributed by atoms with Crippen LogP contribution in [-0.4, -0.2) is 75.5 Å². The minimum absolute atomic E-state index is 0.0592. The minimum atomic E-state index is -5.32. The lowest BCUT2D eigenvalue weighted by Gasteiger charge is -2.28. The Bertz CT molecular complexity index is 791. The molecular formula is C15H19F3N4O5S. The van der Waals surface area contributed by atoms with E-state index in [1.54, 1.807) is 0 Å². The number of hydrogen-bond donors (Lipinski definition) is 1. The third-order valence-corrected chi connectivity index (χ3v) is 6.01. The van der Waals surface area contributed by atoms with E-state index in [1.165, 1.54) is 12.1 Å². The molecule has 0 radical (unpaired) electrons. The summed E-state index contributed by atoms with van der Waals surface area (Å²) in [5.41, 5.74) is 0. The predicted octanol–water partition coefficient (Wildman–Crippen LogP) is 0.291. The van der Waals surface area contributed by atoms with E-state index < -0.39 is 28.2 Å². The maximum Gasteiger partial charge on any atom is 0.492 e. The summed E-state index contributed by atoms with van der Waals surface area (Å²) in [7, 11) is -4.54. The number of pyridine rings is 1. The highest BCUT2D eigenvalue weighted by atomic mass is 32.2. The van der Waals surface area contributed by atoms with Gasteiger partial charge in [0.15, 0.2) is 0 Å². The molecule has 0 amide bonds. The Morgan fingerprint density at radius 3 is 2.57 bits per heavy atom. The van der Waals surface area contributed by atoms with E-state index in [-0.39, 0.29) is 22.3 Å². The third kappa shape index (κ3) is 4.54. The van der Waals surface area contributed by atoms with Crippen LogP contribution in [-0.2, 0) is 24.4 Å². The zero-order chi connectivity index (χ0) is 20.4. The normalized spacial score (nSPS) is 21.1. The number of carbonyl (C=O) groups excluding carboxylic acids is 1. The van der Waals surface area contributed by atoms with Crippen molar-refractivity contribution >= 4 is 21.8 Å². The number of ether oxygens (including phenoxy) is 1. The highest BCUT2D eigenvalue weighted by Crippen LogP contribution is 2.26. The standard InChI is InChI=1S/C15H19F3N4O5S/c16-15(17,18)14(23)27-22(11-3-4-19-9-11)28(24,25)12-1-2-13(20-10-12)21-5-7-26-8-6-21/h1-2,10-11,19H,3-9H2/t11-/m0/s1. The van der Waals surface area contributed by atoms with Gasteiger partial charge >= 0.3 is 12.1 Å². The number of hydroxylamine groups is 1. The van der Waals surface area contributed by atoms with Crippen LogP contribution in [0.4, 0.5) is 19.0 Å². The summed E-state index contributed by atoms with van der Waals surface area (Å²) >= 11 is 0. The van der Waals surface area contributed by atoms with Gasteiger partial charge in [0, 0.05) is 25.8 Å². The Hall–Kier alpha value is -1.96. The lowest BCUT2D eigenvalue weighted by Crippen LogP contribution is -2.45. The van der Waals surface area contributed by atoms with Gasteiger partial charge in [-0.15, -0.1) is 0 Å². The van der Waals surface area contributed by atoms with Gasteiger partial charge in [-0.3, -0.25) is 0 Å². The van der Waals surface area contributed by atoms with Crippen molar-refractivity contribution in [2.45, 2.75) is 23.5 Å². The highest BCUT2D eigenvalue weighted by molar-refractivity contribution is 7.89. The first-order valence-electron chi connectivity index (χ1n) is 8.52. The number of sulfonamides is 1. The van der Waals surface area contributed by atoms with Gasteiger partial charge in [-0.25, -0.2) is 18.2 Å². The molecule has 1 N–H and O–H groups in total. The zero-order valence-corrected chi connectivity index (χ0v) is 15.5. The number of rotatable bonds is 5. The Morgan fingerprint density at radius 2 is 2.04 bits per heavy atom. The number of hydrogen-bond acceptors (Lipinski definition) is 8. The van der Waals surface area contributed by atoms with Gasteiger partial charge < -0.3 is 19.8 Å². The van der Waals surface area contributed by atoms with Crippen LogP contribution < -0.4 is 10.2 Å². The van der Waals surface area contributed by atoms with E-state index in [2.05, 4.69) is 15.1 Å². The fourth-order valence-electron chi connectivity index (χ4n) is 2.88. The monoisotopic (exact) mass is 424 g/mol. The van der Waals surface area contributed by atoms with Gasteiger partial charge in [0.25, 0.3) is 10.0 Å². The van der Waals surface area contributed by atoms with Crippen molar-refractivity contribution in [2.24, 2.45) is 0 Å². The van der Waals surface area contributed by atoms with Crippen molar-refractivity contribution in [3.8, 4) is 0 Å². The molecule has 13 heteroatoms. The van der Waals surface area contributed by atoms with Crippen molar-refractivity contribution in [1.82, 2.24) is 14.8 Å². The summed E-state index contributed by atoms with van der Waals surface area (Å²) in [6, 6.07) is 1.73. The first-order valence-corrected chi connectivity index (χ1v) is 9.96. The largest absolute Gasteiger partial charge is 0.492 e. The average molecular weight is 424 g/mol. The molecule has 0 saturated carbocycles. The highest BCUT2D eigenvalue weighted by Gasteiger charge is 2.46. The van der Waals surface area contributed by atoms with Crippen LogP contribution in [0.15, 0.2) is 23.2 Å². The van der Waals surface area contributed by atoms with Crippen LogP contribution >= 0.6 is 0 Å². The van der Waals surface area contributed by atoms with Crippen molar-refractivity contribution in [3.05, 3.63) is 18.3 Å². The van der Waals surface area contributed by atoms with Crippen LogP contribution in [0.3, 0.4) is 0 Å². The van der Waals surface area contributed by atoms with E-state index in [4.69, 9.17) is 4.74 Å². The first-order chi connectivity index (χ1) is 13.2. The fraction of sp³-hybridized carbons (Fsp3) is 0.600. The van der Waals surface area contributed by atoms with Crippen LogP contribution in [0.25, 0.3) is 0 Å². The summed E-state index contributed by atoms with van der Waals surface area (Å²) in [6.07, 6.45) is -4.08. The molecule has 28 heavy (non-hydrogen) atoms. The number of halogens is 3. The third-order valence-electron chi connectivity index (χ3n) is 4.33. The Labute approximate surface area is 159 Å². The molecule has 2 aliphatic rings. The maximum atomic E-state index is 12.8. The number of anilines is 1. The molecule has 0 spiro atoms. The van der Waals surface area contributed by atoms with Gasteiger partial charge in [0.2, 0.25) is 0 Å². The van der Waals surface area contributed by atoms with Gasteiger partial charge in [-0.2, -0.15) is 13.2 Å². The molecule has 2 fully saturated rings. The summed E-state index contributed by atoms with van der Waals surface area (Å²) < 4.78 is 68.9. The molecule has 0 aliphatic carbocycles. The summed E-state index contributed by atoms with van der Waals surface area (Å²) in [5, 5.41) is 2.83. The number of nitrogens with zero attached hydrogens (tertiary/aromatic N) is 3. The Balaban J connectivity index is 1.84. The number of aromatic nitrogens is 1. The van der Waals surface area contributed by atoms with Crippen LogP contribution in [0, 0.1) is 0 Å². The second-order valence-corrected chi connectivity index (χ2v) is 8.02. The maximum absolute atomic E-state index is 12.8. The molecule has 0 bridgehead atoms. The molecule has 156 valence electrons. The Morgan fingerprint density at radius 1 is 1.32 bits per heavy atom. The van der Waals surface area contributed by atoms with Gasteiger partial charge in [-0.05, 0) is 29.6 Å². The molecule has 2 saturated heterocycles. The predicted molar refractivity (Wildman–Crippen MR) is 89.7 cm³/mol. The molecule has 1 aromatic rings. The molecule has 1 aromatic heterocycles. The van der Waals surface area contributed by atoms with Crippen LogP contribution in [0.5, 0.6) is 0 Å². The molecule has 9 nitrogen and oxygen atoms in total. The molecular weight excluding hydrogens is 405 g/mol. The summed E-state index contributed by atoms with van der Waals surface area (Å²) in [4.78, 5) is 21.1. The Kier molecular flexibility index (Phi) is 6.07.